The predicted octanol–water partition coefficient (Wildman–Crippen LogP) is 5.42. The topological polar surface area (TPSA) is 61.0 Å². The standard InChI is InChI=1S/C31H38N6/c1-5-36(6-2)24-17-23(18-24)31-35(4)28(29-30(32)33-15-16-37(29)31)22-12-11-21-13-14-26(34-27(21)19-22)25-10-8-7-9-20(25)3/h7-8,10-16,19-20,23-24,31H,5-6,9,17-18H2,1-4H3,(H2,32,33). The molecule has 0 saturated heterocycles. The van der Waals surface area contributed by atoms with E-state index in [1.165, 1.54) is 18.4 Å². The molecule has 2 unspecified atom stereocenters. The summed E-state index contributed by atoms with van der Waals surface area (Å²) in [6, 6.07) is 11.6. The summed E-state index contributed by atoms with van der Waals surface area (Å²) in [5.74, 6) is 1.64. The Bertz CT molecular complexity index is 1360. The molecule has 1 aromatic heterocycles. The van der Waals surface area contributed by atoms with E-state index in [9.17, 15) is 0 Å². The molecule has 3 heterocycles. The molecule has 2 aliphatic carbocycles. The lowest BCUT2D eigenvalue weighted by Crippen LogP contribution is -2.54. The SMILES string of the molecule is CCN(CC)C1CC(C2N(C)C(c3ccc4ccc(C5=CC=CCC5C)nc4c3)=C3C(N)=NC=CN32)C1. The van der Waals surface area contributed by atoms with E-state index in [1.807, 2.05) is 6.20 Å². The molecule has 2 atom stereocenters. The van der Waals surface area contributed by atoms with Crippen molar-refractivity contribution in [2.45, 2.75) is 52.2 Å². The quantitative estimate of drug-likeness (QED) is 0.581. The first-order valence-electron chi connectivity index (χ1n) is 13.8. The fourth-order valence-electron chi connectivity index (χ4n) is 6.71. The highest BCUT2D eigenvalue weighted by Crippen LogP contribution is 2.46. The molecule has 0 amide bonds. The smallest absolute Gasteiger partial charge is 0.149 e. The maximum atomic E-state index is 6.53. The number of hydrogen-bond acceptors (Lipinski definition) is 6. The number of aliphatic imine (C=N–C) groups is 1. The van der Waals surface area contributed by atoms with Crippen LogP contribution in [0.15, 0.2) is 71.6 Å². The van der Waals surface area contributed by atoms with Gasteiger partial charge >= 0.3 is 0 Å². The van der Waals surface area contributed by atoms with E-state index in [4.69, 9.17) is 10.7 Å². The summed E-state index contributed by atoms with van der Waals surface area (Å²) in [5.41, 5.74) is 13.2. The van der Waals surface area contributed by atoms with Crippen LogP contribution in [0.5, 0.6) is 0 Å². The van der Waals surface area contributed by atoms with Crippen LogP contribution in [0.1, 0.15) is 51.3 Å². The number of aromatic nitrogens is 1. The summed E-state index contributed by atoms with van der Waals surface area (Å²) >= 11 is 0. The van der Waals surface area contributed by atoms with Crippen molar-refractivity contribution in [1.82, 2.24) is 19.7 Å². The summed E-state index contributed by atoms with van der Waals surface area (Å²) in [6.07, 6.45) is 14.3. The Morgan fingerprint density at radius 2 is 1.86 bits per heavy atom. The monoisotopic (exact) mass is 494 g/mol. The van der Waals surface area contributed by atoms with E-state index in [1.54, 1.807) is 0 Å². The molecule has 4 aliphatic rings. The molecule has 1 fully saturated rings. The summed E-state index contributed by atoms with van der Waals surface area (Å²) in [5, 5.41) is 1.15. The van der Waals surface area contributed by atoms with Gasteiger partial charge in [0.05, 0.1) is 16.9 Å². The first kappa shape index (κ1) is 24.0. The van der Waals surface area contributed by atoms with Gasteiger partial charge in [0, 0.05) is 42.4 Å². The van der Waals surface area contributed by atoms with Gasteiger partial charge in [0.1, 0.15) is 17.7 Å². The molecule has 2 aliphatic heterocycles. The van der Waals surface area contributed by atoms with Gasteiger partial charge in [-0.15, -0.1) is 0 Å². The Balaban J connectivity index is 1.36. The molecule has 6 rings (SSSR count). The predicted molar refractivity (Wildman–Crippen MR) is 153 cm³/mol. The second kappa shape index (κ2) is 9.49. The van der Waals surface area contributed by atoms with E-state index in [0.29, 0.717) is 23.7 Å². The van der Waals surface area contributed by atoms with Crippen LogP contribution in [-0.2, 0) is 0 Å². The lowest BCUT2D eigenvalue weighted by molar-refractivity contribution is 0.0147. The zero-order chi connectivity index (χ0) is 25.7. The number of nitrogens with zero attached hydrogens (tertiary/aromatic N) is 5. The summed E-state index contributed by atoms with van der Waals surface area (Å²) in [4.78, 5) is 17.0. The number of pyridine rings is 1. The molecule has 1 saturated carbocycles. The minimum absolute atomic E-state index is 0.247. The van der Waals surface area contributed by atoms with Crippen molar-refractivity contribution in [3.63, 3.8) is 0 Å². The molecule has 2 N–H and O–H groups in total. The van der Waals surface area contributed by atoms with Gasteiger partial charge in [-0.1, -0.05) is 57.2 Å². The fourth-order valence-corrected chi connectivity index (χ4v) is 6.71. The van der Waals surface area contributed by atoms with Gasteiger partial charge in [-0.3, -0.25) is 0 Å². The number of allylic oxidation sites excluding steroid dienone is 4. The molecular formula is C31H38N6. The molecule has 192 valence electrons. The zero-order valence-electron chi connectivity index (χ0n) is 22.4. The Kier molecular flexibility index (Phi) is 6.15. The third-order valence-electron chi connectivity index (χ3n) is 8.79. The van der Waals surface area contributed by atoms with E-state index >= 15 is 0 Å². The van der Waals surface area contributed by atoms with Gasteiger partial charge in [-0.25, -0.2) is 9.98 Å². The Morgan fingerprint density at radius 3 is 2.62 bits per heavy atom. The number of amidine groups is 1. The van der Waals surface area contributed by atoms with Crippen LogP contribution < -0.4 is 5.73 Å². The molecule has 6 heteroatoms. The summed E-state index contributed by atoms with van der Waals surface area (Å²) in [6.45, 7) is 9.04. The van der Waals surface area contributed by atoms with Crippen LogP contribution in [0.2, 0.25) is 0 Å². The van der Waals surface area contributed by atoms with Gasteiger partial charge in [-0.2, -0.15) is 0 Å². The number of nitrogens with two attached hydrogens (primary N) is 1. The molecule has 1 aromatic carbocycles. The van der Waals surface area contributed by atoms with Crippen LogP contribution in [-0.4, -0.2) is 57.9 Å². The van der Waals surface area contributed by atoms with E-state index in [0.717, 1.165) is 53.1 Å². The first-order valence-corrected chi connectivity index (χ1v) is 13.8. The van der Waals surface area contributed by atoms with Gasteiger partial charge in [0.25, 0.3) is 0 Å². The number of rotatable bonds is 6. The Labute approximate surface area is 220 Å². The normalized spacial score (nSPS) is 27.1. The van der Waals surface area contributed by atoms with Crippen molar-refractivity contribution in [2.24, 2.45) is 22.6 Å². The minimum atomic E-state index is 0.247. The second-order valence-corrected chi connectivity index (χ2v) is 10.8. The zero-order valence-corrected chi connectivity index (χ0v) is 22.4. The molecule has 0 spiro atoms. The van der Waals surface area contributed by atoms with Gasteiger partial charge in [0.15, 0.2) is 0 Å². The van der Waals surface area contributed by atoms with E-state index < -0.39 is 0 Å². The average Bonchev–Trinajstić information content (AvgIpc) is 3.18. The number of benzene rings is 1. The summed E-state index contributed by atoms with van der Waals surface area (Å²) < 4.78 is 0. The average molecular weight is 495 g/mol. The van der Waals surface area contributed by atoms with Crippen molar-refractivity contribution in [3.8, 4) is 0 Å². The lowest BCUT2D eigenvalue weighted by atomic mass is 9.76. The first-order chi connectivity index (χ1) is 18.0. The highest BCUT2D eigenvalue weighted by Gasteiger charge is 2.47. The lowest BCUT2D eigenvalue weighted by Gasteiger charge is -2.48. The van der Waals surface area contributed by atoms with Crippen molar-refractivity contribution in [2.75, 3.05) is 20.1 Å². The van der Waals surface area contributed by atoms with Crippen LogP contribution in [0.25, 0.3) is 22.2 Å². The fraction of sp³-hybridized carbons (Fsp3) is 0.419. The van der Waals surface area contributed by atoms with Gasteiger partial charge in [0.2, 0.25) is 0 Å². The number of hydrogen-bond donors (Lipinski definition) is 1. The van der Waals surface area contributed by atoms with Gasteiger partial charge in [-0.05, 0) is 56.0 Å². The van der Waals surface area contributed by atoms with Crippen LogP contribution >= 0.6 is 0 Å². The van der Waals surface area contributed by atoms with Crippen molar-refractivity contribution >= 4 is 28.0 Å². The Morgan fingerprint density at radius 1 is 1.08 bits per heavy atom. The van der Waals surface area contributed by atoms with Crippen molar-refractivity contribution in [3.05, 3.63) is 77.9 Å². The van der Waals surface area contributed by atoms with Crippen LogP contribution in [0.4, 0.5) is 0 Å². The van der Waals surface area contributed by atoms with Crippen LogP contribution in [0, 0.1) is 11.8 Å². The van der Waals surface area contributed by atoms with Crippen LogP contribution in [0.3, 0.4) is 0 Å². The highest BCUT2D eigenvalue weighted by molar-refractivity contribution is 6.05. The largest absolute Gasteiger partial charge is 0.382 e. The molecular weight excluding hydrogens is 456 g/mol. The third kappa shape index (κ3) is 3.98. The molecule has 0 radical (unpaired) electrons. The van der Waals surface area contributed by atoms with E-state index in [-0.39, 0.29) is 6.17 Å². The molecule has 2 aromatic rings. The molecule has 37 heavy (non-hydrogen) atoms. The highest BCUT2D eigenvalue weighted by atomic mass is 15.4. The molecule has 6 nitrogen and oxygen atoms in total. The number of fused-ring (bicyclic) bond motifs is 2. The van der Waals surface area contributed by atoms with E-state index in [2.05, 4.69) is 102 Å². The summed E-state index contributed by atoms with van der Waals surface area (Å²) in [7, 11) is 2.21. The maximum Gasteiger partial charge on any atom is 0.149 e. The third-order valence-corrected chi connectivity index (χ3v) is 8.79. The van der Waals surface area contributed by atoms with Crippen molar-refractivity contribution < 1.29 is 0 Å². The molecule has 0 bridgehead atoms. The Hall–Kier alpha value is -3.38. The minimum Gasteiger partial charge on any atom is -0.382 e. The second-order valence-electron chi connectivity index (χ2n) is 10.8. The maximum absolute atomic E-state index is 6.53. The van der Waals surface area contributed by atoms with Crippen molar-refractivity contribution in [1.29, 1.82) is 0 Å². The van der Waals surface area contributed by atoms with Gasteiger partial charge < -0.3 is 20.4 Å².